The first-order chi connectivity index (χ1) is 17.5. The molecule has 5 rings (SSSR count). The number of aromatic hydroxyl groups is 1. The summed E-state index contributed by atoms with van der Waals surface area (Å²) in [6.07, 6.45) is 8.06. The zero-order chi connectivity index (χ0) is 25.1. The van der Waals surface area contributed by atoms with Crippen LogP contribution in [0.4, 0.5) is 0 Å². The second-order valence-corrected chi connectivity index (χ2v) is 10.4. The highest BCUT2D eigenvalue weighted by atomic mass is 16.5. The minimum Gasteiger partial charge on any atom is -0.508 e. The van der Waals surface area contributed by atoms with E-state index in [1.807, 2.05) is 31.2 Å². The Hall–Kier alpha value is -3.19. The highest BCUT2D eigenvalue weighted by molar-refractivity contribution is 5.74. The van der Waals surface area contributed by atoms with Crippen LogP contribution in [-0.2, 0) is 11.3 Å². The Morgan fingerprint density at radius 3 is 2.39 bits per heavy atom. The summed E-state index contributed by atoms with van der Waals surface area (Å²) >= 11 is 0. The Labute approximate surface area is 212 Å². The molecule has 3 aromatic rings. The van der Waals surface area contributed by atoms with Crippen molar-refractivity contribution < 1.29 is 19.5 Å². The number of carbonyl (C=O) groups is 1. The van der Waals surface area contributed by atoms with Gasteiger partial charge in [0.25, 0.3) is 5.89 Å². The number of carboxylic acids is 1. The molecule has 1 aromatic heterocycles. The number of benzene rings is 2. The van der Waals surface area contributed by atoms with Crippen molar-refractivity contribution in [2.75, 3.05) is 13.1 Å². The highest BCUT2D eigenvalue weighted by Crippen LogP contribution is 2.39. The number of hydrogen-bond acceptors (Lipinski definition) is 6. The molecule has 7 heteroatoms. The first-order valence-electron chi connectivity index (χ1n) is 13.2. The summed E-state index contributed by atoms with van der Waals surface area (Å²) in [5, 5.41) is 24.4. The predicted molar refractivity (Wildman–Crippen MR) is 138 cm³/mol. The van der Waals surface area contributed by atoms with Crippen molar-refractivity contribution in [2.24, 2.45) is 5.41 Å². The molecule has 0 bridgehead atoms. The van der Waals surface area contributed by atoms with Crippen LogP contribution in [0.25, 0.3) is 22.8 Å². The summed E-state index contributed by atoms with van der Waals surface area (Å²) in [4.78, 5) is 18.6. The van der Waals surface area contributed by atoms with Gasteiger partial charge in [0, 0.05) is 17.7 Å². The van der Waals surface area contributed by atoms with Gasteiger partial charge in [-0.25, -0.2) is 0 Å². The number of phenolic OH excluding ortho intramolecular Hbond substituents is 1. The third kappa shape index (κ3) is 5.03. The van der Waals surface area contributed by atoms with Gasteiger partial charge in [-0.15, -0.1) is 0 Å². The molecule has 0 amide bonds. The van der Waals surface area contributed by atoms with E-state index >= 15 is 0 Å². The second kappa shape index (κ2) is 10.4. The average Bonchev–Trinajstić information content (AvgIpc) is 3.40. The first-order valence-corrected chi connectivity index (χ1v) is 13.2. The number of phenols is 1. The molecule has 1 aliphatic carbocycles. The molecular weight excluding hydrogens is 454 g/mol. The van der Waals surface area contributed by atoms with Gasteiger partial charge in [-0.3, -0.25) is 9.69 Å². The lowest BCUT2D eigenvalue weighted by Gasteiger charge is -2.38. The van der Waals surface area contributed by atoms with Crippen LogP contribution in [0.15, 0.2) is 47.0 Å². The van der Waals surface area contributed by atoms with E-state index in [0.717, 1.165) is 49.2 Å². The Kier molecular flexibility index (Phi) is 7.10. The molecule has 2 heterocycles. The van der Waals surface area contributed by atoms with Crippen LogP contribution in [-0.4, -0.2) is 44.3 Å². The van der Waals surface area contributed by atoms with E-state index in [2.05, 4.69) is 27.2 Å². The fourth-order valence-electron chi connectivity index (χ4n) is 5.77. The van der Waals surface area contributed by atoms with Gasteiger partial charge in [-0.1, -0.05) is 61.7 Å². The number of carboxylic acid groups (broad SMARTS) is 1. The summed E-state index contributed by atoms with van der Waals surface area (Å²) in [7, 11) is 0. The normalized spacial score (nSPS) is 18.8. The zero-order valence-corrected chi connectivity index (χ0v) is 20.9. The molecule has 2 N–H and O–H groups in total. The number of rotatable bonds is 7. The van der Waals surface area contributed by atoms with Crippen molar-refractivity contribution >= 4 is 5.97 Å². The lowest BCUT2D eigenvalue weighted by Crippen LogP contribution is -2.43. The summed E-state index contributed by atoms with van der Waals surface area (Å²) in [5.74, 6) is 0.982. The van der Waals surface area contributed by atoms with E-state index in [-0.39, 0.29) is 0 Å². The molecule has 0 spiro atoms. The van der Waals surface area contributed by atoms with Gasteiger partial charge in [-0.05, 0) is 74.4 Å². The van der Waals surface area contributed by atoms with Gasteiger partial charge in [-0.2, -0.15) is 4.98 Å². The minimum atomic E-state index is -0.663. The number of aliphatic carboxylic acids is 1. The third-order valence-corrected chi connectivity index (χ3v) is 8.31. The van der Waals surface area contributed by atoms with Crippen LogP contribution >= 0.6 is 0 Å². The number of nitrogens with zero attached hydrogens (tertiary/aromatic N) is 3. The number of piperidine rings is 1. The van der Waals surface area contributed by atoms with Gasteiger partial charge >= 0.3 is 5.97 Å². The molecule has 2 fully saturated rings. The van der Waals surface area contributed by atoms with Crippen LogP contribution in [0.2, 0.25) is 0 Å². The molecule has 36 heavy (non-hydrogen) atoms. The maximum absolute atomic E-state index is 11.7. The SMILES string of the molecule is CCC1(C(=O)O)CCN(Cc2ccc(-c3noc(-c4ccc(C5CCCCC5)c(O)c4)n3)cc2)CC1. The quantitative estimate of drug-likeness (QED) is 0.405. The maximum atomic E-state index is 11.7. The minimum absolute atomic E-state index is 0.306. The van der Waals surface area contributed by atoms with E-state index in [9.17, 15) is 15.0 Å². The van der Waals surface area contributed by atoms with Crippen molar-refractivity contribution in [3.63, 3.8) is 0 Å². The zero-order valence-electron chi connectivity index (χ0n) is 20.9. The molecule has 190 valence electrons. The summed E-state index contributed by atoms with van der Waals surface area (Å²) in [6.45, 7) is 4.36. The van der Waals surface area contributed by atoms with Crippen molar-refractivity contribution in [2.45, 2.75) is 70.8 Å². The summed E-state index contributed by atoms with van der Waals surface area (Å²) < 4.78 is 5.52. The van der Waals surface area contributed by atoms with Crippen LogP contribution in [0.3, 0.4) is 0 Å². The monoisotopic (exact) mass is 489 g/mol. The van der Waals surface area contributed by atoms with Crippen molar-refractivity contribution in [3.05, 3.63) is 53.6 Å². The van der Waals surface area contributed by atoms with Gasteiger partial charge < -0.3 is 14.7 Å². The Bertz CT molecular complexity index is 1190. The van der Waals surface area contributed by atoms with Crippen LogP contribution in [0.1, 0.15) is 75.3 Å². The highest BCUT2D eigenvalue weighted by Gasteiger charge is 2.39. The van der Waals surface area contributed by atoms with Gasteiger partial charge in [0.1, 0.15) is 5.75 Å². The number of likely N-dealkylation sites (tertiary alicyclic amines) is 1. The first kappa shape index (κ1) is 24.5. The molecule has 1 saturated heterocycles. The Morgan fingerprint density at radius 2 is 1.75 bits per heavy atom. The lowest BCUT2D eigenvalue weighted by atomic mass is 9.76. The molecule has 0 radical (unpaired) electrons. The van der Waals surface area contributed by atoms with Crippen LogP contribution in [0, 0.1) is 5.41 Å². The van der Waals surface area contributed by atoms with Gasteiger partial charge in [0.2, 0.25) is 5.82 Å². The molecule has 1 saturated carbocycles. The fraction of sp³-hybridized carbons (Fsp3) is 0.483. The predicted octanol–water partition coefficient (Wildman–Crippen LogP) is 6.23. The number of hydrogen-bond donors (Lipinski definition) is 2. The second-order valence-electron chi connectivity index (χ2n) is 10.4. The van der Waals surface area contributed by atoms with E-state index in [1.165, 1.54) is 24.8 Å². The van der Waals surface area contributed by atoms with Crippen LogP contribution in [0.5, 0.6) is 5.75 Å². The van der Waals surface area contributed by atoms with E-state index in [0.29, 0.717) is 42.6 Å². The average molecular weight is 490 g/mol. The molecule has 7 nitrogen and oxygen atoms in total. The molecular formula is C29H35N3O4. The van der Waals surface area contributed by atoms with Crippen molar-refractivity contribution in [1.29, 1.82) is 0 Å². The van der Waals surface area contributed by atoms with E-state index in [1.54, 1.807) is 6.07 Å². The van der Waals surface area contributed by atoms with Gasteiger partial charge in [0.05, 0.1) is 5.41 Å². The molecule has 2 aliphatic rings. The summed E-state index contributed by atoms with van der Waals surface area (Å²) in [6, 6.07) is 13.8. The lowest BCUT2D eigenvalue weighted by molar-refractivity contribution is -0.152. The molecule has 0 unspecified atom stereocenters. The standard InChI is InChI=1S/C29H35N3O4/c1-2-29(28(34)35)14-16-32(17-15-29)19-20-8-10-22(11-9-20)26-30-27(36-31-26)23-12-13-24(25(33)18-23)21-6-4-3-5-7-21/h8-13,18,21,33H,2-7,14-17,19H2,1H3,(H,34,35). The molecule has 1 aliphatic heterocycles. The van der Waals surface area contributed by atoms with Crippen molar-refractivity contribution in [1.82, 2.24) is 15.0 Å². The van der Waals surface area contributed by atoms with Crippen molar-refractivity contribution in [3.8, 4) is 28.6 Å². The molecule has 0 atom stereocenters. The van der Waals surface area contributed by atoms with Gasteiger partial charge in [0.15, 0.2) is 0 Å². The maximum Gasteiger partial charge on any atom is 0.309 e. The van der Waals surface area contributed by atoms with E-state index < -0.39 is 11.4 Å². The smallest absolute Gasteiger partial charge is 0.309 e. The van der Waals surface area contributed by atoms with E-state index in [4.69, 9.17) is 4.52 Å². The fourth-order valence-corrected chi connectivity index (χ4v) is 5.77. The largest absolute Gasteiger partial charge is 0.508 e. The number of aromatic nitrogens is 2. The topological polar surface area (TPSA) is 99.7 Å². The van der Waals surface area contributed by atoms with Crippen LogP contribution < -0.4 is 0 Å². The third-order valence-electron chi connectivity index (χ3n) is 8.31. The Morgan fingerprint density at radius 1 is 1.06 bits per heavy atom. The summed E-state index contributed by atoms with van der Waals surface area (Å²) in [5.41, 5.74) is 3.21. The Balaban J connectivity index is 1.22. The molecule has 2 aromatic carbocycles.